The van der Waals surface area contributed by atoms with Crippen LogP contribution in [0, 0.1) is 0 Å². The van der Waals surface area contributed by atoms with E-state index in [1.807, 2.05) is 46.4 Å². The molecular weight excluding hydrogens is 336 g/mol. The third-order valence-corrected chi connectivity index (χ3v) is 5.07. The van der Waals surface area contributed by atoms with E-state index in [1.54, 1.807) is 16.2 Å². The SMILES string of the molecule is O=C(Cc1ccc(N2CCCC2=O)cc1)NCc1cn2ccsc2n1. The van der Waals surface area contributed by atoms with Gasteiger partial charge in [-0.3, -0.25) is 14.0 Å². The van der Waals surface area contributed by atoms with Crippen LogP contribution in [0.15, 0.2) is 42.0 Å². The van der Waals surface area contributed by atoms with Crippen LogP contribution in [0.1, 0.15) is 24.1 Å². The largest absolute Gasteiger partial charge is 0.350 e. The molecule has 0 radical (unpaired) electrons. The van der Waals surface area contributed by atoms with Gasteiger partial charge in [-0.2, -0.15) is 0 Å². The highest BCUT2D eigenvalue weighted by atomic mass is 32.1. The maximum Gasteiger partial charge on any atom is 0.227 e. The van der Waals surface area contributed by atoms with Crippen molar-refractivity contribution < 1.29 is 9.59 Å². The monoisotopic (exact) mass is 354 g/mol. The second kappa shape index (κ2) is 6.68. The Kier molecular flexibility index (Phi) is 4.23. The van der Waals surface area contributed by atoms with E-state index < -0.39 is 0 Å². The molecule has 6 nitrogen and oxygen atoms in total. The first-order valence-electron chi connectivity index (χ1n) is 8.26. The fourth-order valence-electron chi connectivity index (χ4n) is 3.01. The van der Waals surface area contributed by atoms with Gasteiger partial charge in [-0.25, -0.2) is 4.98 Å². The second-order valence-electron chi connectivity index (χ2n) is 6.09. The van der Waals surface area contributed by atoms with Crippen LogP contribution < -0.4 is 10.2 Å². The lowest BCUT2D eigenvalue weighted by atomic mass is 10.1. The Balaban J connectivity index is 1.32. The molecule has 0 aliphatic carbocycles. The molecule has 1 aliphatic heterocycles. The second-order valence-corrected chi connectivity index (χ2v) is 6.97. The van der Waals surface area contributed by atoms with Crippen LogP contribution in [-0.4, -0.2) is 27.7 Å². The zero-order chi connectivity index (χ0) is 17.2. The zero-order valence-electron chi connectivity index (χ0n) is 13.6. The van der Waals surface area contributed by atoms with Gasteiger partial charge in [0.25, 0.3) is 0 Å². The van der Waals surface area contributed by atoms with Crippen LogP contribution in [0.25, 0.3) is 4.96 Å². The number of amides is 2. The van der Waals surface area contributed by atoms with E-state index >= 15 is 0 Å². The van der Waals surface area contributed by atoms with E-state index in [1.165, 1.54) is 0 Å². The number of fused-ring (bicyclic) bond motifs is 1. The Morgan fingerprint density at radius 1 is 1.28 bits per heavy atom. The molecule has 7 heteroatoms. The van der Waals surface area contributed by atoms with Gasteiger partial charge < -0.3 is 10.2 Å². The molecule has 0 bridgehead atoms. The highest BCUT2D eigenvalue weighted by Gasteiger charge is 2.21. The van der Waals surface area contributed by atoms with Crippen LogP contribution in [0.2, 0.25) is 0 Å². The Morgan fingerprint density at radius 3 is 2.84 bits per heavy atom. The number of imidazole rings is 1. The summed E-state index contributed by atoms with van der Waals surface area (Å²) in [5, 5.41) is 4.88. The number of benzene rings is 1. The molecule has 0 unspecified atom stereocenters. The van der Waals surface area contributed by atoms with E-state index in [2.05, 4.69) is 10.3 Å². The normalized spacial score (nSPS) is 14.4. The van der Waals surface area contributed by atoms with Gasteiger partial charge in [0.2, 0.25) is 11.8 Å². The molecule has 3 heterocycles. The molecule has 2 aromatic heterocycles. The Hall–Kier alpha value is -2.67. The van der Waals surface area contributed by atoms with Gasteiger partial charge >= 0.3 is 0 Å². The Labute approximate surface area is 149 Å². The minimum Gasteiger partial charge on any atom is -0.350 e. The molecule has 25 heavy (non-hydrogen) atoms. The summed E-state index contributed by atoms with van der Waals surface area (Å²) in [5.41, 5.74) is 2.69. The van der Waals surface area contributed by atoms with Crippen LogP contribution in [-0.2, 0) is 22.6 Å². The number of hydrogen-bond acceptors (Lipinski definition) is 4. The van der Waals surface area contributed by atoms with E-state index in [0.717, 1.165) is 34.9 Å². The summed E-state index contributed by atoms with van der Waals surface area (Å²) in [6, 6.07) is 7.64. The van der Waals surface area contributed by atoms with E-state index in [-0.39, 0.29) is 11.8 Å². The van der Waals surface area contributed by atoms with Crippen LogP contribution >= 0.6 is 11.3 Å². The first-order valence-corrected chi connectivity index (χ1v) is 9.14. The summed E-state index contributed by atoms with van der Waals surface area (Å²) in [6.45, 7) is 1.20. The number of rotatable bonds is 5. The molecule has 2 amide bonds. The summed E-state index contributed by atoms with van der Waals surface area (Å²) >= 11 is 1.57. The van der Waals surface area contributed by atoms with Crippen molar-refractivity contribution in [1.82, 2.24) is 14.7 Å². The summed E-state index contributed by atoms with van der Waals surface area (Å²) in [7, 11) is 0. The number of thiazole rings is 1. The van der Waals surface area contributed by atoms with E-state index in [4.69, 9.17) is 0 Å². The van der Waals surface area contributed by atoms with Crippen molar-refractivity contribution in [1.29, 1.82) is 0 Å². The number of aromatic nitrogens is 2. The number of carbonyl (C=O) groups excluding carboxylic acids is 2. The molecule has 1 N–H and O–H groups in total. The van der Waals surface area contributed by atoms with Gasteiger partial charge in [-0.05, 0) is 24.1 Å². The zero-order valence-corrected chi connectivity index (χ0v) is 14.5. The fraction of sp³-hybridized carbons (Fsp3) is 0.278. The van der Waals surface area contributed by atoms with Gasteiger partial charge in [0.1, 0.15) is 0 Å². The lowest BCUT2D eigenvalue weighted by Crippen LogP contribution is -2.25. The molecular formula is C18H18N4O2S. The van der Waals surface area contributed by atoms with Crippen LogP contribution in [0.3, 0.4) is 0 Å². The molecule has 1 fully saturated rings. The van der Waals surface area contributed by atoms with Crippen molar-refractivity contribution in [3.63, 3.8) is 0 Å². The van der Waals surface area contributed by atoms with Gasteiger partial charge in [0.05, 0.1) is 18.7 Å². The first kappa shape index (κ1) is 15.8. The standard InChI is InChI=1S/C18H18N4O2S/c23-16(19-11-14-12-21-8-9-25-18(21)20-14)10-13-3-5-15(6-4-13)22-7-1-2-17(22)24/h3-6,8-9,12H,1-2,7,10-11H2,(H,19,23). The average Bonchev–Trinajstić information content (AvgIpc) is 3.29. The molecule has 0 atom stereocenters. The summed E-state index contributed by atoms with van der Waals surface area (Å²) in [5.74, 6) is 0.131. The highest BCUT2D eigenvalue weighted by molar-refractivity contribution is 7.15. The fourth-order valence-corrected chi connectivity index (χ4v) is 3.73. The number of carbonyl (C=O) groups is 2. The molecule has 4 rings (SSSR count). The number of nitrogens with zero attached hydrogens (tertiary/aromatic N) is 3. The third-order valence-electron chi connectivity index (χ3n) is 4.30. The Bertz CT molecular complexity index is 884. The van der Waals surface area contributed by atoms with E-state index in [9.17, 15) is 9.59 Å². The molecule has 1 aliphatic rings. The summed E-state index contributed by atoms with van der Waals surface area (Å²) < 4.78 is 1.95. The molecule has 1 aromatic carbocycles. The lowest BCUT2D eigenvalue weighted by molar-refractivity contribution is -0.120. The van der Waals surface area contributed by atoms with Gasteiger partial charge in [-0.15, -0.1) is 11.3 Å². The Morgan fingerprint density at radius 2 is 2.12 bits per heavy atom. The molecule has 1 saturated heterocycles. The summed E-state index contributed by atoms with van der Waals surface area (Å²) in [6.07, 6.45) is 5.72. The van der Waals surface area contributed by atoms with Crippen molar-refractivity contribution in [3.05, 3.63) is 53.3 Å². The minimum atomic E-state index is -0.0404. The van der Waals surface area contributed by atoms with Gasteiger partial charge in [-0.1, -0.05) is 12.1 Å². The highest BCUT2D eigenvalue weighted by Crippen LogP contribution is 2.21. The molecule has 0 saturated carbocycles. The molecule has 0 spiro atoms. The van der Waals surface area contributed by atoms with Crippen molar-refractivity contribution >= 4 is 33.8 Å². The summed E-state index contributed by atoms with van der Waals surface area (Å²) in [4.78, 5) is 31.1. The lowest BCUT2D eigenvalue weighted by Gasteiger charge is -2.15. The minimum absolute atomic E-state index is 0.0404. The number of nitrogens with one attached hydrogen (secondary N) is 1. The van der Waals surface area contributed by atoms with Crippen LogP contribution in [0.4, 0.5) is 5.69 Å². The predicted octanol–water partition coefficient (Wildman–Crippen LogP) is 2.38. The van der Waals surface area contributed by atoms with Gasteiger partial charge in [0.15, 0.2) is 4.96 Å². The first-order chi connectivity index (χ1) is 12.2. The van der Waals surface area contributed by atoms with Crippen molar-refractivity contribution in [2.75, 3.05) is 11.4 Å². The quantitative estimate of drug-likeness (QED) is 0.765. The average molecular weight is 354 g/mol. The van der Waals surface area contributed by atoms with Crippen LogP contribution in [0.5, 0.6) is 0 Å². The number of anilines is 1. The van der Waals surface area contributed by atoms with Crippen molar-refractivity contribution in [2.24, 2.45) is 0 Å². The van der Waals surface area contributed by atoms with E-state index in [0.29, 0.717) is 19.4 Å². The molecule has 3 aromatic rings. The number of hydrogen-bond donors (Lipinski definition) is 1. The maximum atomic E-state index is 12.1. The van der Waals surface area contributed by atoms with Crippen molar-refractivity contribution in [2.45, 2.75) is 25.8 Å². The van der Waals surface area contributed by atoms with Gasteiger partial charge in [0, 0.05) is 36.4 Å². The van der Waals surface area contributed by atoms with Crippen molar-refractivity contribution in [3.8, 4) is 0 Å². The third kappa shape index (κ3) is 3.41. The molecule has 128 valence electrons. The smallest absolute Gasteiger partial charge is 0.227 e. The predicted molar refractivity (Wildman–Crippen MR) is 96.6 cm³/mol. The topological polar surface area (TPSA) is 66.7 Å². The maximum absolute atomic E-state index is 12.1.